The van der Waals surface area contributed by atoms with E-state index in [0.717, 1.165) is 18.5 Å². The second-order valence-electron chi connectivity index (χ2n) is 4.71. The van der Waals surface area contributed by atoms with Gasteiger partial charge in [-0.05, 0) is 38.1 Å². The number of hydrogen-bond donors (Lipinski definition) is 2. The summed E-state index contributed by atoms with van der Waals surface area (Å²) in [5.74, 6) is 0.893. The highest BCUT2D eigenvalue weighted by Gasteiger charge is 2.37. The lowest BCUT2D eigenvalue weighted by atomic mass is 9.91. The number of fused-ring (bicyclic) bond motifs is 1. The number of rotatable bonds is 3. The van der Waals surface area contributed by atoms with Crippen LogP contribution < -0.4 is 5.73 Å². The Morgan fingerprint density at radius 2 is 2.07 bits per heavy atom. The van der Waals surface area contributed by atoms with Crippen molar-refractivity contribution in [1.29, 1.82) is 0 Å². The Kier molecular flexibility index (Phi) is 3.42. The van der Waals surface area contributed by atoms with Crippen LogP contribution >= 0.6 is 0 Å². The molecule has 0 aromatic carbocycles. The van der Waals surface area contributed by atoms with Crippen molar-refractivity contribution >= 4 is 0 Å². The molecule has 1 heterocycles. The lowest BCUT2D eigenvalue weighted by Crippen LogP contribution is -2.52. The van der Waals surface area contributed by atoms with E-state index in [1.54, 1.807) is 0 Å². The molecule has 1 aliphatic heterocycles. The number of aliphatic hydroxyl groups is 1. The average Bonchev–Trinajstić information content (AvgIpc) is 2.68. The van der Waals surface area contributed by atoms with Crippen LogP contribution in [0.15, 0.2) is 0 Å². The molecule has 14 heavy (non-hydrogen) atoms. The minimum absolute atomic E-state index is 0.209. The standard InChI is InChI=1S/C11H22N2O/c12-7-10(8-14)13-6-2-4-9-3-1-5-11(9)13/h9-11,14H,1-8,12H2. The number of aliphatic hydroxyl groups excluding tert-OH is 1. The van der Waals surface area contributed by atoms with E-state index in [1.807, 2.05) is 0 Å². The van der Waals surface area contributed by atoms with Crippen LogP contribution in [-0.4, -0.2) is 41.8 Å². The highest BCUT2D eigenvalue weighted by atomic mass is 16.3. The first-order chi connectivity index (χ1) is 6.86. The molecule has 1 saturated heterocycles. The smallest absolute Gasteiger partial charge is 0.0599 e. The number of nitrogens with zero attached hydrogens (tertiary/aromatic N) is 1. The third kappa shape index (κ3) is 1.81. The predicted molar refractivity (Wildman–Crippen MR) is 57.0 cm³/mol. The van der Waals surface area contributed by atoms with Gasteiger partial charge in [-0.1, -0.05) is 6.42 Å². The first-order valence-corrected chi connectivity index (χ1v) is 5.93. The van der Waals surface area contributed by atoms with Gasteiger partial charge in [-0.2, -0.15) is 0 Å². The van der Waals surface area contributed by atoms with Crippen molar-refractivity contribution in [2.75, 3.05) is 19.7 Å². The SMILES string of the molecule is NCC(CO)N1CCCC2CCCC21. The third-order valence-corrected chi connectivity index (χ3v) is 3.99. The molecular weight excluding hydrogens is 176 g/mol. The summed E-state index contributed by atoms with van der Waals surface area (Å²) in [7, 11) is 0. The second-order valence-corrected chi connectivity index (χ2v) is 4.71. The third-order valence-electron chi connectivity index (χ3n) is 3.99. The molecule has 0 aromatic rings. The second kappa shape index (κ2) is 4.60. The van der Waals surface area contributed by atoms with E-state index in [-0.39, 0.29) is 12.6 Å². The minimum Gasteiger partial charge on any atom is -0.395 e. The maximum absolute atomic E-state index is 9.28. The van der Waals surface area contributed by atoms with Gasteiger partial charge in [0.2, 0.25) is 0 Å². The molecule has 0 amide bonds. The summed E-state index contributed by atoms with van der Waals surface area (Å²) in [5.41, 5.74) is 5.70. The number of likely N-dealkylation sites (tertiary alicyclic amines) is 1. The molecule has 0 spiro atoms. The topological polar surface area (TPSA) is 49.5 Å². The first-order valence-electron chi connectivity index (χ1n) is 5.93. The van der Waals surface area contributed by atoms with Crippen molar-refractivity contribution in [2.24, 2.45) is 11.7 Å². The minimum atomic E-state index is 0.209. The van der Waals surface area contributed by atoms with Crippen molar-refractivity contribution in [3.8, 4) is 0 Å². The van der Waals surface area contributed by atoms with Crippen molar-refractivity contribution in [2.45, 2.75) is 44.2 Å². The molecule has 3 N–H and O–H groups in total. The first kappa shape index (κ1) is 10.4. The van der Waals surface area contributed by atoms with Gasteiger partial charge >= 0.3 is 0 Å². The molecule has 1 aliphatic carbocycles. The molecule has 3 nitrogen and oxygen atoms in total. The summed E-state index contributed by atoms with van der Waals surface area (Å²) in [6.07, 6.45) is 6.77. The average molecular weight is 198 g/mol. The van der Waals surface area contributed by atoms with Crippen LogP contribution in [0.5, 0.6) is 0 Å². The summed E-state index contributed by atoms with van der Waals surface area (Å²) < 4.78 is 0. The van der Waals surface area contributed by atoms with Crippen molar-refractivity contribution < 1.29 is 5.11 Å². The van der Waals surface area contributed by atoms with Crippen LogP contribution in [0.1, 0.15) is 32.1 Å². The van der Waals surface area contributed by atoms with Gasteiger partial charge in [0, 0.05) is 18.6 Å². The van der Waals surface area contributed by atoms with Crippen LogP contribution in [0.4, 0.5) is 0 Å². The van der Waals surface area contributed by atoms with Crippen LogP contribution in [0, 0.1) is 5.92 Å². The number of nitrogens with two attached hydrogens (primary N) is 1. The Labute approximate surface area is 86.3 Å². The fraction of sp³-hybridized carbons (Fsp3) is 1.00. The van der Waals surface area contributed by atoms with Crippen LogP contribution in [-0.2, 0) is 0 Å². The van der Waals surface area contributed by atoms with Gasteiger partial charge in [-0.3, -0.25) is 4.90 Å². The summed E-state index contributed by atoms with van der Waals surface area (Å²) in [6, 6.07) is 0.936. The van der Waals surface area contributed by atoms with Gasteiger partial charge in [0.25, 0.3) is 0 Å². The molecule has 82 valence electrons. The van der Waals surface area contributed by atoms with E-state index in [2.05, 4.69) is 4.90 Å². The predicted octanol–water partition coefficient (Wildman–Crippen LogP) is 0.570. The highest BCUT2D eigenvalue weighted by Crippen LogP contribution is 2.37. The molecule has 3 heteroatoms. The molecular formula is C11H22N2O. The maximum atomic E-state index is 9.28. The maximum Gasteiger partial charge on any atom is 0.0599 e. The summed E-state index contributed by atoms with van der Waals surface area (Å²) in [5, 5.41) is 9.28. The highest BCUT2D eigenvalue weighted by molar-refractivity contribution is 4.92. The van der Waals surface area contributed by atoms with Crippen LogP contribution in [0.3, 0.4) is 0 Å². The Bertz CT molecular complexity index is 182. The number of hydrogen-bond acceptors (Lipinski definition) is 3. The fourth-order valence-corrected chi connectivity index (χ4v) is 3.26. The monoisotopic (exact) mass is 198 g/mol. The molecule has 0 bridgehead atoms. The van der Waals surface area contributed by atoms with E-state index in [1.165, 1.54) is 32.1 Å². The largest absolute Gasteiger partial charge is 0.395 e. The molecule has 2 aliphatic rings. The van der Waals surface area contributed by atoms with Gasteiger partial charge in [0.1, 0.15) is 0 Å². The van der Waals surface area contributed by atoms with Gasteiger partial charge in [0.15, 0.2) is 0 Å². The number of piperidine rings is 1. The quantitative estimate of drug-likeness (QED) is 0.697. The van der Waals surface area contributed by atoms with E-state index >= 15 is 0 Å². The molecule has 2 rings (SSSR count). The molecule has 3 unspecified atom stereocenters. The Morgan fingerprint density at radius 3 is 2.79 bits per heavy atom. The molecule has 3 atom stereocenters. The van der Waals surface area contributed by atoms with E-state index in [4.69, 9.17) is 5.73 Å². The Balaban J connectivity index is 2.01. The van der Waals surface area contributed by atoms with Gasteiger partial charge in [-0.15, -0.1) is 0 Å². The van der Waals surface area contributed by atoms with E-state index in [9.17, 15) is 5.11 Å². The fourth-order valence-electron chi connectivity index (χ4n) is 3.26. The zero-order valence-electron chi connectivity index (χ0n) is 8.86. The van der Waals surface area contributed by atoms with Gasteiger partial charge < -0.3 is 10.8 Å². The molecule has 0 radical (unpaired) electrons. The lowest BCUT2D eigenvalue weighted by molar-refractivity contribution is 0.0415. The summed E-state index contributed by atoms with van der Waals surface area (Å²) >= 11 is 0. The molecule has 2 fully saturated rings. The normalized spacial score (nSPS) is 35.6. The zero-order chi connectivity index (χ0) is 9.97. The zero-order valence-corrected chi connectivity index (χ0v) is 8.86. The van der Waals surface area contributed by atoms with E-state index in [0.29, 0.717) is 6.54 Å². The van der Waals surface area contributed by atoms with Crippen molar-refractivity contribution in [1.82, 2.24) is 4.90 Å². The summed E-state index contributed by atoms with van der Waals surface area (Å²) in [6.45, 7) is 1.96. The summed E-state index contributed by atoms with van der Waals surface area (Å²) in [4.78, 5) is 2.47. The Hall–Kier alpha value is -0.120. The van der Waals surface area contributed by atoms with Crippen LogP contribution in [0.2, 0.25) is 0 Å². The van der Waals surface area contributed by atoms with E-state index < -0.39 is 0 Å². The van der Waals surface area contributed by atoms with Crippen LogP contribution in [0.25, 0.3) is 0 Å². The molecule has 1 saturated carbocycles. The van der Waals surface area contributed by atoms with Gasteiger partial charge in [-0.25, -0.2) is 0 Å². The lowest BCUT2D eigenvalue weighted by Gasteiger charge is -2.41. The van der Waals surface area contributed by atoms with Gasteiger partial charge in [0.05, 0.1) is 6.61 Å². The van der Waals surface area contributed by atoms with Crippen molar-refractivity contribution in [3.05, 3.63) is 0 Å². The Morgan fingerprint density at radius 1 is 1.29 bits per heavy atom. The van der Waals surface area contributed by atoms with Crippen molar-refractivity contribution in [3.63, 3.8) is 0 Å². The molecule has 0 aromatic heterocycles.